The molecule has 0 spiro atoms. The van der Waals surface area contributed by atoms with E-state index in [0.717, 1.165) is 35.7 Å². The van der Waals surface area contributed by atoms with Crippen molar-refractivity contribution in [2.24, 2.45) is 0 Å². The molecule has 1 saturated heterocycles. The molecular formula is C19H25N5O. The minimum absolute atomic E-state index is 0.249. The fraction of sp³-hybridized carbons (Fsp3) is 0.421. The lowest BCUT2D eigenvalue weighted by Gasteiger charge is -2.27. The Balaban J connectivity index is 1.57. The molecule has 2 heterocycles. The minimum Gasteiger partial charge on any atom is -0.357 e. The first-order valence-corrected chi connectivity index (χ1v) is 8.81. The third-order valence-electron chi connectivity index (χ3n) is 4.63. The quantitative estimate of drug-likeness (QED) is 0.895. The van der Waals surface area contributed by atoms with E-state index in [2.05, 4.69) is 25.5 Å². The number of carbonyl (C=O) groups excluding carboxylic acids is 1. The van der Waals surface area contributed by atoms with Crippen LogP contribution in [0.2, 0.25) is 0 Å². The van der Waals surface area contributed by atoms with Gasteiger partial charge < -0.3 is 15.5 Å². The molecule has 0 atom stereocenters. The van der Waals surface area contributed by atoms with Crippen molar-refractivity contribution in [2.75, 3.05) is 23.3 Å². The Kier molecular flexibility index (Phi) is 5.48. The Morgan fingerprint density at radius 2 is 1.96 bits per heavy atom. The van der Waals surface area contributed by atoms with Gasteiger partial charge in [-0.2, -0.15) is 0 Å². The Morgan fingerprint density at radius 3 is 2.76 bits per heavy atom. The summed E-state index contributed by atoms with van der Waals surface area (Å²) in [5.41, 5.74) is 3.04. The van der Waals surface area contributed by atoms with Gasteiger partial charge in [-0.05, 0) is 56.4 Å². The molecule has 2 aromatic rings. The van der Waals surface area contributed by atoms with Crippen LogP contribution in [0.5, 0.6) is 0 Å². The molecule has 25 heavy (non-hydrogen) atoms. The Hall–Kier alpha value is -2.63. The molecular weight excluding hydrogens is 314 g/mol. The lowest BCUT2D eigenvalue weighted by molar-refractivity contribution is 0.251. The highest BCUT2D eigenvalue weighted by Crippen LogP contribution is 2.18. The molecule has 0 unspecified atom stereocenters. The van der Waals surface area contributed by atoms with Crippen molar-refractivity contribution in [2.45, 2.75) is 39.7 Å². The maximum absolute atomic E-state index is 12.1. The number of rotatable bonds is 4. The maximum Gasteiger partial charge on any atom is 0.319 e. The van der Waals surface area contributed by atoms with Gasteiger partial charge in [0.15, 0.2) is 0 Å². The molecule has 1 fully saturated rings. The van der Waals surface area contributed by atoms with E-state index in [1.807, 2.05) is 38.1 Å². The van der Waals surface area contributed by atoms with Crippen LogP contribution >= 0.6 is 0 Å². The number of carbonyl (C=O) groups is 1. The van der Waals surface area contributed by atoms with Crippen LogP contribution in [0.15, 0.2) is 30.5 Å². The van der Waals surface area contributed by atoms with Crippen molar-refractivity contribution in [3.8, 4) is 0 Å². The highest BCUT2D eigenvalue weighted by Gasteiger charge is 2.13. The highest BCUT2D eigenvalue weighted by atomic mass is 16.2. The van der Waals surface area contributed by atoms with E-state index < -0.39 is 0 Å². The molecule has 6 heteroatoms. The monoisotopic (exact) mass is 339 g/mol. The molecule has 0 radical (unpaired) electrons. The summed E-state index contributed by atoms with van der Waals surface area (Å²) in [5, 5.41) is 5.71. The first-order valence-electron chi connectivity index (χ1n) is 8.81. The zero-order chi connectivity index (χ0) is 17.6. The molecule has 6 nitrogen and oxygen atoms in total. The smallest absolute Gasteiger partial charge is 0.319 e. The first-order chi connectivity index (χ1) is 12.1. The van der Waals surface area contributed by atoms with Crippen LogP contribution in [0.3, 0.4) is 0 Å². The third kappa shape index (κ3) is 4.47. The van der Waals surface area contributed by atoms with Crippen LogP contribution in [0.25, 0.3) is 0 Å². The van der Waals surface area contributed by atoms with Crippen molar-refractivity contribution in [3.63, 3.8) is 0 Å². The number of nitrogens with one attached hydrogen (secondary N) is 2. The number of aromatic nitrogens is 2. The van der Waals surface area contributed by atoms with E-state index in [0.29, 0.717) is 12.4 Å². The summed E-state index contributed by atoms with van der Waals surface area (Å²) in [6, 6.07) is 7.54. The lowest BCUT2D eigenvalue weighted by Crippen LogP contribution is -2.31. The number of urea groups is 1. The fourth-order valence-electron chi connectivity index (χ4n) is 2.98. The molecule has 0 aliphatic carbocycles. The third-order valence-corrected chi connectivity index (χ3v) is 4.63. The molecule has 2 amide bonds. The second kappa shape index (κ2) is 7.96. The number of nitrogens with zero attached hydrogens (tertiary/aromatic N) is 3. The number of piperidine rings is 1. The highest BCUT2D eigenvalue weighted by molar-refractivity contribution is 5.90. The van der Waals surface area contributed by atoms with Crippen LogP contribution < -0.4 is 15.5 Å². The summed E-state index contributed by atoms with van der Waals surface area (Å²) in [5.74, 6) is 1.57. The van der Waals surface area contributed by atoms with E-state index in [4.69, 9.17) is 0 Å². The predicted molar refractivity (Wildman–Crippen MR) is 99.9 cm³/mol. The summed E-state index contributed by atoms with van der Waals surface area (Å²) in [6.45, 7) is 6.40. The van der Waals surface area contributed by atoms with Crippen LogP contribution in [0, 0.1) is 13.8 Å². The number of amides is 2. The van der Waals surface area contributed by atoms with Crippen LogP contribution in [-0.4, -0.2) is 29.1 Å². The topological polar surface area (TPSA) is 70.2 Å². The molecule has 132 valence electrons. The van der Waals surface area contributed by atoms with Crippen molar-refractivity contribution in [3.05, 3.63) is 47.4 Å². The summed E-state index contributed by atoms with van der Waals surface area (Å²) in [4.78, 5) is 23.3. The van der Waals surface area contributed by atoms with E-state index in [1.54, 1.807) is 6.20 Å². The van der Waals surface area contributed by atoms with Crippen LogP contribution in [0.4, 0.5) is 16.3 Å². The first kappa shape index (κ1) is 17.2. The fourth-order valence-corrected chi connectivity index (χ4v) is 2.98. The van der Waals surface area contributed by atoms with Gasteiger partial charge in [-0.1, -0.05) is 12.1 Å². The van der Waals surface area contributed by atoms with Crippen molar-refractivity contribution < 1.29 is 4.79 Å². The molecule has 1 aliphatic heterocycles. The zero-order valence-corrected chi connectivity index (χ0v) is 14.9. The average Bonchev–Trinajstić information content (AvgIpc) is 2.65. The van der Waals surface area contributed by atoms with Gasteiger partial charge in [0.05, 0.1) is 6.54 Å². The largest absolute Gasteiger partial charge is 0.357 e. The average molecular weight is 339 g/mol. The minimum atomic E-state index is -0.249. The number of hydrogen-bond donors (Lipinski definition) is 2. The zero-order valence-electron chi connectivity index (χ0n) is 14.9. The summed E-state index contributed by atoms with van der Waals surface area (Å²) < 4.78 is 0. The maximum atomic E-state index is 12.1. The second-order valence-electron chi connectivity index (χ2n) is 6.43. The van der Waals surface area contributed by atoms with Gasteiger partial charge in [0.2, 0.25) is 0 Å². The normalized spacial score (nSPS) is 14.2. The Bertz CT molecular complexity index is 740. The number of anilines is 2. The molecule has 0 saturated carbocycles. The summed E-state index contributed by atoms with van der Waals surface area (Å²) in [7, 11) is 0. The number of benzene rings is 1. The molecule has 0 bridgehead atoms. The SMILES string of the molecule is Cc1cccc(NC(=O)NCc2nccc(N3CCCCC3)n2)c1C. The standard InChI is InChI=1S/C19H25N5O/c1-14-7-6-8-16(15(14)2)22-19(25)21-13-17-20-10-9-18(23-17)24-11-4-3-5-12-24/h6-10H,3-5,11-13H2,1-2H3,(H2,21,22,25). The van der Waals surface area contributed by atoms with Crippen LogP contribution in [-0.2, 0) is 6.54 Å². The van der Waals surface area contributed by atoms with Gasteiger partial charge in [0.1, 0.15) is 11.6 Å². The Morgan fingerprint density at radius 1 is 1.16 bits per heavy atom. The molecule has 2 N–H and O–H groups in total. The van der Waals surface area contributed by atoms with Gasteiger partial charge in [-0.3, -0.25) is 0 Å². The molecule has 1 aliphatic rings. The van der Waals surface area contributed by atoms with Crippen molar-refractivity contribution in [1.29, 1.82) is 0 Å². The van der Waals surface area contributed by atoms with E-state index >= 15 is 0 Å². The Labute approximate surface area is 148 Å². The number of aryl methyl sites for hydroxylation is 1. The lowest BCUT2D eigenvalue weighted by atomic mass is 10.1. The summed E-state index contributed by atoms with van der Waals surface area (Å²) in [6.07, 6.45) is 5.46. The molecule has 1 aromatic heterocycles. The summed E-state index contributed by atoms with van der Waals surface area (Å²) >= 11 is 0. The van der Waals surface area contributed by atoms with E-state index in [9.17, 15) is 4.79 Å². The van der Waals surface area contributed by atoms with Gasteiger partial charge >= 0.3 is 6.03 Å². The van der Waals surface area contributed by atoms with Crippen LogP contribution in [0.1, 0.15) is 36.2 Å². The van der Waals surface area contributed by atoms with E-state index in [-0.39, 0.29) is 6.03 Å². The molecule has 3 rings (SSSR count). The van der Waals surface area contributed by atoms with Gasteiger partial charge in [0, 0.05) is 25.0 Å². The van der Waals surface area contributed by atoms with Crippen molar-refractivity contribution in [1.82, 2.24) is 15.3 Å². The van der Waals surface area contributed by atoms with Gasteiger partial charge in [-0.15, -0.1) is 0 Å². The second-order valence-corrected chi connectivity index (χ2v) is 6.43. The number of hydrogen-bond acceptors (Lipinski definition) is 4. The molecule has 1 aromatic carbocycles. The van der Waals surface area contributed by atoms with Crippen molar-refractivity contribution >= 4 is 17.5 Å². The predicted octanol–water partition coefficient (Wildman–Crippen LogP) is 3.41. The van der Waals surface area contributed by atoms with Gasteiger partial charge in [-0.25, -0.2) is 14.8 Å². The van der Waals surface area contributed by atoms with Gasteiger partial charge in [0.25, 0.3) is 0 Å². The van der Waals surface area contributed by atoms with E-state index in [1.165, 1.54) is 19.3 Å².